The number of hydrogen-bond acceptors (Lipinski definition) is 2. The summed E-state index contributed by atoms with van der Waals surface area (Å²) in [6.07, 6.45) is -0.409. The van der Waals surface area contributed by atoms with Crippen LogP contribution in [0.4, 0.5) is 4.79 Å². The predicted octanol–water partition coefficient (Wildman–Crippen LogP) is 4.25. The first-order valence-electron chi connectivity index (χ1n) is 6.94. The third kappa shape index (κ3) is 5.08. The molecule has 1 amide bonds. The molecule has 3 nitrogen and oxygen atoms in total. The minimum Gasteiger partial charge on any atom is -0.444 e. The number of nitrogens with one attached hydrogen (secondary N) is 1. The van der Waals surface area contributed by atoms with Gasteiger partial charge in [0, 0.05) is 0 Å². The summed E-state index contributed by atoms with van der Waals surface area (Å²) in [4.78, 5) is 11.9. The van der Waals surface area contributed by atoms with Gasteiger partial charge in [-0.1, -0.05) is 50.8 Å². The minimum absolute atomic E-state index is 0.146. The van der Waals surface area contributed by atoms with Crippen LogP contribution >= 0.6 is 0 Å². The quantitative estimate of drug-likeness (QED) is 0.892. The zero-order chi connectivity index (χ0) is 15.3. The van der Waals surface area contributed by atoms with Gasteiger partial charge < -0.3 is 10.1 Å². The van der Waals surface area contributed by atoms with Crippen molar-refractivity contribution in [2.75, 3.05) is 0 Å². The van der Waals surface area contributed by atoms with Gasteiger partial charge in [0.2, 0.25) is 0 Å². The van der Waals surface area contributed by atoms with Crippen LogP contribution in [0.3, 0.4) is 0 Å². The standard InChI is InChI=1S/C17H25NO2/c1-12(2)15(18-16(19)20-17(4,5)6)13(3)14-10-8-7-9-11-14/h7-12,15H,3H2,1-2,4-6H3,(H,18,19)/t15-/m1/s1. The highest BCUT2D eigenvalue weighted by molar-refractivity contribution is 5.75. The molecule has 1 rings (SSSR count). The van der Waals surface area contributed by atoms with Crippen molar-refractivity contribution in [3.63, 3.8) is 0 Å². The molecule has 0 aliphatic carbocycles. The van der Waals surface area contributed by atoms with Gasteiger partial charge >= 0.3 is 6.09 Å². The Morgan fingerprint density at radius 3 is 2.20 bits per heavy atom. The summed E-state index contributed by atoms with van der Waals surface area (Å²) >= 11 is 0. The van der Waals surface area contributed by atoms with Crippen LogP contribution in [0.2, 0.25) is 0 Å². The normalized spacial score (nSPS) is 12.9. The van der Waals surface area contributed by atoms with Gasteiger partial charge in [0.05, 0.1) is 6.04 Å². The Morgan fingerprint density at radius 2 is 1.75 bits per heavy atom. The number of ether oxygens (including phenoxy) is 1. The van der Waals surface area contributed by atoms with Crippen LogP contribution in [0.15, 0.2) is 36.9 Å². The van der Waals surface area contributed by atoms with Crippen LogP contribution in [0.1, 0.15) is 40.2 Å². The van der Waals surface area contributed by atoms with Crippen molar-refractivity contribution >= 4 is 11.7 Å². The topological polar surface area (TPSA) is 38.3 Å². The number of amides is 1. The van der Waals surface area contributed by atoms with Crippen molar-refractivity contribution < 1.29 is 9.53 Å². The lowest BCUT2D eigenvalue weighted by molar-refractivity contribution is 0.0506. The van der Waals surface area contributed by atoms with Crippen LogP contribution in [-0.4, -0.2) is 17.7 Å². The average molecular weight is 275 g/mol. The Hall–Kier alpha value is -1.77. The number of benzene rings is 1. The second kappa shape index (κ2) is 6.60. The van der Waals surface area contributed by atoms with Crippen LogP contribution in [-0.2, 0) is 4.74 Å². The van der Waals surface area contributed by atoms with Gasteiger partial charge in [0.15, 0.2) is 0 Å². The lowest BCUT2D eigenvalue weighted by atomic mass is 9.92. The van der Waals surface area contributed by atoms with E-state index in [4.69, 9.17) is 4.74 Å². The Balaban J connectivity index is 2.80. The molecule has 0 aliphatic rings. The van der Waals surface area contributed by atoms with E-state index in [0.29, 0.717) is 0 Å². The molecule has 1 atom stereocenters. The van der Waals surface area contributed by atoms with Crippen LogP contribution in [0.25, 0.3) is 5.57 Å². The van der Waals surface area contributed by atoms with Gasteiger partial charge in [-0.25, -0.2) is 4.79 Å². The highest BCUT2D eigenvalue weighted by Gasteiger charge is 2.23. The zero-order valence-electron chi connectivity index (χ0n) is 13.1. The second-order valence-corrected chi connectivity index (χ2v) is 6.26. The van der Waals surface area contributed by atoms with Crippen molar-refractivity contribution in [2.45, 2.75) is 46.3 Å². The monoisotopic (exact) mass is 275 g/mol. The van der Waals surface area contributed by atoms with E-state index >= 15 is 0 Å². The van der Waals surface area contributed by atoms with E-state index in [-0.39, 0.29) is 12.0 Å². The zero-order valence-corrected chi connectivity index (χ0v) is 13.1. The molecule has 1 N–H and O–H groups in total. The predicted molar refractivity (Wildman–Crippen MR) is 83.5 cm³/mol. The summed E-state index contributed by atoms with van der Waals surface area (Å²) in [6.45, 7) is 13.8. The Bertz CT molecular complexity index is 458. The first-order valence-corrected chi connectivity index (χ1v) is 6.94. The summed E-state index contributed by atoms with van der Waals surface area (Å²) in [7, 11) is 0. The van der Waals surface area contributed by atoms with Gasteiger partial charge in [-0.2, -0.15) is 0 Å². The fourth-order valence-corrected chi connectivity index (χ4v) is 1.92. The summed E-state index contributed by atoms with van der Waals surface area (Å²) < 4.78 is 5.31. The fraction of sp³-hybridized carbons (Fsp3) is 0.471. The van der Waals surface area contributed by atoms with Gasteiger partial charge in [-0.15, -0.1) is 0 Å². The first-order chi connectivity index (χ1) is 9.20. The third-order valence-electron chi connectivity index (χ3n) is 2.86. The molecule has 0 aliphatic heterocycles. The third-order valence-corrected chi connectivity index (χ3v) is 2.86. The van der Waals surface area contributed by atoms with E-state index in [1.165, 1.54) is 0 Å². The molecule has 3 heteroatoms. The number of carbonyl (C=O) groups excluding carboxylic acids is 1. The molecule has 1 aromatic rings. The van der Waals surface area contributed by atoms with Crippen LogP contribution in [0, 0.1) is 5.92 Å². The summed E-state index contributed by atoms with van der Waals surface area (Å²) in [5, 5.41) is 2.91. The molecule has 0 heterocycles. The van der Waals surface area contributed by atoms with Gasteiger partial charge in [0.25, 0.3) is 0 Å². The molecular weight excluding hydrogens is 250 g/mol. The Kier molecular flexibility index (Phi) is 5.37. The lowest BCUT2D eigenvalue weighted by Gasteiger charge is -2.27. The SMILES string of the molecule is C=C(c1ccccc1)[C@H](NC(=O)OC(C)(C)C)C(C)C. The van der Waals surface area contributed by atoms with E-state index in [2.05, 4.69) is 25.7 Å². The Labute approximate surface area is 122 Å². The van der Waals surface area contributed by atoms with E-state index in [0.717, 1.165) is 11.1 Å². The number of carbonyl (C=O) groups is 1. The van der Waals surface area contributed by atoms with Crippen molar-refractivity contribution in [2.24, 2.45) is 5.92 Å². The molecule has 0 bridgehead atoms. The number of hydrogen-bond donors (Lipinski definition) is 1. The maximum Gasteiger partial charge on any atom is 0.408 e. The van der Waals surface area contributed by atoms with Crippen molar-refractivity contribution in [1.29, 1.82) is 0 Å². The molecule has 0 fully saturated rings. The van der Waals surface area contributed by atoms with Crippen molar-refractivity contribution in [1.82, 2.24) is 5.32 Å². The molecule has 0 radical (unpaired) electrons. The van der Waals surface area contributed by atoms with Crippen LogP contribution < -0.4 is 5.32 Å². The average Bonchev–Trinajstić information content (AvgIpc) is 2.34. The fourth-order valence-electron chi connectivity index (χ4n) is 1.92. The second-order valence-electron chi connectivity index (χ2n) is 6.26. The largest absolute Gasteiger partial charge is 0.444 e. The van der Waals surface area contributed by atoms with E-state index < -0.39 is 11.7 Å². The molecule has 0 saturated heterocycles. The molecule has 1 aromatic carbocycles. The smallest absolute Gasteiger partial charge is 0.408 e. The number of alkyl carbamates (subject to hydrolysis) is 1. The Morgan fingerprint density at radius 1 is 1.20 bits per heavy atom. The summed E-state index contributed by atoms with van der Waals surface area (Å²) in [5.74, 6) is 0.232. The molecule has 0 unspecified atom stereocenters. The van der Waals surface area contributed by atoms with E-state index in [1.807, 2.05) is 51.1 Å². The summed E-state index contributed by atoms with van der Waals surface area (Å²) in [5.41, 5.74) is 1.42. The van der Waals surface area contributed by atoms with E-state index in [1.54, 1.807) is 0 Å². The van der Waals surface area contributed by atoms with E-state index in [9.17, 15) is 4.79 Å². The molecule has 0 saturated carbocycles. The van der Waals surface area contributed by atoms with Crippen molar-refractivity contribution in [3.8, 4) is 0 Å². The van der Waals surface area contributed by atoms with Crippen LogP contribution in [0.5, 0.6) is 0 Å². The lowest BCUT2D eigenvalue weighted by Crippen LogP contribution is -2.42. The summed E-state index contributed by atoms with van der Waals surface area (Å²) in [6, 6.07) is 9.73. The molecule has 20 heavy (non-hydrogen) atoms. The number of rotatable bonds is 4. The molecule has 110 valence electrons. The first kappa shape index (κ1) is 16.3. The van der Waals surface area contributed by atoms with Crippen molar-refractivity contribution in [3.05, 3.63) is 42.5 Å². The van der Waals surface area contributed by atoms with Gasteiger partial charge in [-0.3, -0.25) is 0 Å². The molecular formula is C17H25NO2. The van der Waals surface area contributed by atoms with Gasteiger partial charge in [0.1, 0.15) is 5.60 Å². The molecule has 0 aromatic heterocycles. The highest BCUT2D eigenvalue weighted by Crippen LogP contribution is 2.22. The molecule has 0 spiro atoms. The maximum absolute atomic E-state index is 11.9. The highest BCUT2D eigenvalue weighted by atomic mass is 16.6. The minimum atomic E-state index is -0.500. The maximum atomic E-state index is 11.9. The van der Waals surface area contributed by atoms with Gasteiger partial charge in [-0.05, 0) is 37.8 Å².